The fraction of sp³-hybridized carbons (Fsp3) is 0.684. The average molecular weight is 334 g/mol. The van der Waals surface area contributed by atoms with Crippen molar-refractivity contribution in [2.45, 2.75) is 31.1 Å². The maximum Gasteiger partial charge on any atom is 0.131 e. The van der Waals surface area contributed by atoms with E-state index in [0.717, 1.165) is 26.1 Å². The van der Waals surface area contributed by atoms with Gasteiger partial charge in [0.25, 0.3) is 0 Å². The zero-order valence-electron chi connectivity index (χ0n) is 14.8. The third kappa shape index (κ3) is 2.54. The molecule has 0 radical (unpaired) electrons. The Morgan fingerprint density at radius 2 is 2.25 bits per heavy atom. The third-order valence-electron chi connectivity index (χ3n) is 6.11. The summed E-state index contributed by atoms with van der Waals surface area (Å²) < 4.78 is 26.1. The first-order chi connectivity index (χ1) is 11.5. The largest absolute Gasteiger partial charge is 0.496 e. The molecule has 5 heteroatoms. The number of rotatable bonds is 5. The maximum absolute atomic E-state index is 14.3. The smallest absolute Gasteiger partial charge is 0.131 e. The molecule has 3 aliphatic heterocycles. The minimum atomic E-state index is -0.182. The molecule has 3 heterocycles. The third-order valence-corrected chi connectivity index (χ3v) is 6.11. The lowest BCUT2D eigenvalue weighted by Crippen LogP contribution is -2.40. The van der Waals surface area contributed by atoms with Crippen LogP contribution < -0.4 is 4.74 Å². The number of likely N-dealkylation sites (tertiary alicyclic amines) is 1. The number of nitrogens with zero attached hydrogens (tertiary/aromatic N) is 2. The predicted molar refractivity (Wildman–Crippen MR) is 90.6 cm³/mol. The first kappa shape index (κ1) is 16.3. The Labute approximate surface area is 143 Å². The summed E-state index contributed by atoms with van der Waals surface area (Å²) in [4.78, 5) is 4.63. The summed E-state index contributed by atoms with van der Waals surface area (Å²) in [5, 5.41) is 0. The Morgan fingerprint density at radius 3 is 3.00 bits per heavy atom. The van der Waals surface area contributed by atoms with Crippen LogP contribution in [-0.4, -0.2) is 62.3 Å². The minimum Gasteiger partial charge on any atom is -0.496 e. The predicted octanol–water partition coefficient (Wildman–Crippen LogP) is 2.38. The van der Waals surface area contributed by atoms with Crippen LogP contribution in [0, 0.1) is 17.7 Å². The van der Waals surface area contributed by atoms with E-state index in [1.54, 1.807) is 13.2 Å². The molecule has 0 unspecified atom stereocenters. The zero-order valence-corrected chi connectivity index (χ0v) is 14.8. The summed E-state index contributed by atoms with van der Waals surface area (Å²) >= 11 is 0. The lowest BCUT2D eigenvalue weighted by molar-refractivity contribution is 0.00132. The number of methoxy groups -OCH3 is 1. The van der Waals surface area contributed by atoms with Crippen LogP contribution in [-0.2, 0) is 11.3 Å². The van der Waals surface area contributed by atoms with E-state index in [1.807, 2.05) is 6.07 Å². The first-order valence-corrected chi connectivity index (χ1v) is 8.89. The van der Waals surface area contributed by atoms with Crippen molar-refractivity contribution in [3.05, 3.63) is 29.6 Å². The van der Waals surface area contributed by atoms with Gasteiger partial charge in [0.15, 0.2) is 0 Å². The Balaban J connectivity index is 1.53. The summed E-state index contributed by atoms with van der Waals surface area (Å²) in [6.07, 6.45) is 2.74. The highest BCUT2D eigenvalue weighted by Crippen LogP contribution is 2.55. The molecule has 4 nitrogen and oxygen atoms in total. The van der Waals surface area contributed by atoms with Gasteiger partial charge in [-0.25, -0.2) is 4.39 Å². The van der Waals surface area contributed by atoms with Gasteiger partial charge in [0, 0.05) is 43.6 Å². The van der Waals surface area contributed by atoms with Gasteiger partial charge in [-0.15, -0.1) is 0 Å². The average Bonchev–Trinajstić information content (AvgIpc) is 3.18. The van der Waals surface area contributed by atoms with Gasteiger partial charge in [-0.1, -0.05) is 6.07 Å². The second-order valence-electron chi connectivity index (χ2n) is 7.88. The molecule has 0 amide bonds. The Bertz CT molecular complexity index is 623. The fourth-order valence-electron chi connectivity index (χ4n) is 5.18. The van der Waals surface area contributed by atoms with Crippen LogP contribution in [0.25, 0.3) is 0 Å². The monoisotopic (exact) mass is 334 g/mol. The molecule has 2 bridgehead atoms. The molecule has 0 aromatic heterocycles. The van der Waals surface area contributed by atoms with Crippen molar-refractivity contribution in [1.29, 1.82) is 0 Å². The summed E-state index contributed by atoms with van der Waals surface area (Å²) in [6.45, 7) is 3.58. The summed E-state index contributed by atoms with van der Waals surface area (Å²) in [7, 11) is 5.87. The van der Waals surface area contributed by atoms with Crippen molar-refractivity contribution in [3.8, 4) is 5.75 Å². The van der Waals surface area contributed by atoms with E-state index in [-0.39, 0.29) is 11.4 Å². The van der Waals surface area contributed by atoms with E-state index >= 15 is 0 Å². The number of hydrogen-bond acceptors (Lipinski definition) is 4. The van der Waals surface area contributed by atoms with Gasteiger partial charge < -0.3 is 14.4 Å². The van der Waals surface area contributed by atoms with Crippen LogP contribution in [0.5, 0.6) is 5.75 Å². The number of hydrogen-bond donors (Lipinski definition) is 0. The number of ether oxygens (including phenoxy) is 2. The van der Waals surface area contributed by atoms with Gasteiger partial charge in [0.05, 0.1) is 18.8 Å². The van der Waals surface area contributed by atoms with Crippen molar-refractivity contribution in [2.24, 2.45) is 11.8 Å². The standard InChI is InChI=1S/C19H27FN2O2/c1-21(2)9-13-15-11-22(12-19(15)8-7-18(13)24-19)10-14-16(20)5-4-6-17(14)23-3/h4-6,13,15,18H,7-12H2,1-3H3/t13-,15+,18+,19+/m0/s1. The van der Waals surface area contributed by atoms with Gasteiger partial charge in [-0.05, 0) is 39.1 Å². The molecule has 1 aromatic carbocycles. The van der Waals surface area contributed by atoms with Crippen LogP contribution in [0.3, 0.4) is 0 Å². The molecule has 0 saturated carbocycles. The summed E-state index contributed by atoms with van der Waals surface area (Å²) in [6, 6.07) is 5.06. The normalized spacial score (nSPS) is 35.0. The van der Waals surface area contributed by atoms with Crippen molar-refractivity contribution in [2.75, 3.05) is 40.8 Å². The van der Waals surface area contributed by atoms with E-state index in [1.165, 1.54) is 12.5 Å². The highest BCUT2D eigenvalue weighted by molar-refractivity contribution is 5.34. The van der Waals surface area contributed by atoms with Gasteiger partial charge in [0.2, 0.25) is 0 Å². The molecular formula is C19H27FN2O2. The van der Waals surface area contributed by atoms with Crippen molar-refractivity contribution in [1.82, 2.24) is 9.80 Å². The first-order valence-electron chi connectivity index (χ1n) is 8.89. The number of halogens is 1. The lowest BCUT2D eigenvalue weighted by atomic mass is 9.73. The molecule has 1 spiro atoms. The topological polar surface area (TPSA) is 24.9 Å². The second-order valence-corrected chi connectivity index (χ2v) is 7.88. The Hall–Kier alpha value is -1.17. The van der Waals surface area contributed by atoms with Gasteiger partial charge in [0.1, 0.15) is 11.6 Å². The van der Waals surface area contributed by atoms with Crippen LogP contribution >= 0.6 is 0 Å². The van der Waals surface area contributed by atoms with Gasteiger partial charge in [-0.2, -0.15) is 0 Å². The van der Waals surface area contributed by atoms with Gasteiger partial charge >= 0.3 is 0 Å². The highest BCUT2D eigenvalue weighted by Gasteiger charge is 2.62. The zero-order chi connectivity index (χ0) is 16.9. The molecular weight excluding hydrogens is 307 g/mol. The second kappa shape index (κ2) is 5.97. The van der Waals surface area contributed by atoms with Crippen LogP contribution in [0.1, 0.15) is 18.4 Å². The molecule has 1 aromatic rings. The molecule has 3 fully saturated rings. The molecule has 4 rings (SSSR count). The molecule has 0 N–H and O–H groups in total. The van der Waals surface area contributed by atoms with E-state index in [9.17, 15) is 4.39 Å². The van der Waals surface area contributed by atoms with Crippen molar-refractivity contribution < 1.29 is 13.9 Å². The summed E-state index contributed by atoms with van der Waals surface area (Å²) in [5.74, 6) is 1.62. The SMILES string of the molecule is COc1cccc(F)c1CN1C[C@@H]2[C@H](CN(C)C)[C@H]3CC[C@]2(C1)O3. The van der Waals surface area contributed by atoms with Crippen molar-refractivity contribution in [3.63, 3.8) is 0 Å². The van der Waals surface area contributed by atoms with Crippen LogP contribution in [0.2, 0.25) is 0 Å². The minimum absolute atomic E-state index is 0.00380. The molecule has 132 valence electrons. The van der Waals surface area contributed by atoms with Gasteiger partial charge in [-0.3, -0.25) is 4.90 Å². The van der Waals surface area contributed by atoms with E-state index in [0.29, 0.717) is 35.8 Å². The number of fused-ring (bicyclic) bond motifs is 1. The van der Waals surface area contributed by atoms with E-state index in [4.69, 9.17) is 9.47 Å². The molecule has 24 heavy (non-hydrogen) atoms. The Kier molecular flexibility index (Phi) is 4.06. The quantitative estimate of drug-likeness (QED) is 0.825. The molecule has 4 atom stereocenters. The van der Waals surface area contributed by atoms with Crippen molar-refractivity contribution >= 4 is 0 Å². The molecule has 0 aliphatic carbocycles. The molecule has 3 saturated heterocycles. The van der Waals surface area contributed by atoms with Crippen LogP contribution in [0.4, 0.5) is 4.39 Å². The highest BCUT2D eigenvalue weighted by atomic mass is 19.1. The maximum atomic E-state index is 14.3. The lowest BCUT2D eigenvalue weighted by Gasteiger charge is -2.31. The number of benzene rings is 1. The molecule has 3 aliphatic rings. The van der Waals surface area contributed by atoms with E-state index < -0.39 is 0 Å². The fourth-order valence-corrected chi connectivity index (χ4v) is 5.18. The van der Waals surface area contributed by atoms with E-state index in [2.05, 4.69) is 23.9 Å². The Morgan fingerprint density at radius 1 is 1.42 bits per heavy atom. The summed E-state index contributed by atoms with van der Waals surface area (Å²) in [5.41, 5.74) is 0.666. The van der Waals surface area contributed by atoms with Crippen LogP contribution in [0.15, 0.2) is 18.2 Å².